The Balaban J connectivity index is 1.44. The molecule has 1 aromatic carbocycles. The number of benzene rings is 1. The van der Waals surface area contributed by atoms with Gasteiger partial charge in [0.25, 0.3) is 5.91 Å². The van der Waals surface area contributed by atoms with Crippen molar-refractivity contribution < 1.29 is 14.3 Å². The third-order valence-electron chi connectivity index (χ3n) is 7.99. The molecule has 0 spiro atoms. The largest absolute Gasteiger partial charge is 0.494 e. The molecule has 2 atom stereocenters. The third-order valence-corrected chi connectivity index (χ3v) is 7.99. The molecule has 1 saturated heterocycles. The van der Waals surface area contributed by atoms with Crippen LogP contribution in [0.1, 0.15) is 66.4 Å². The minimum Gasteiger partial charge on any atom is -0.494 e. The summed E-state index contributed by atoms with van der Waals surface area (Å²) in [7, 11) is 3.57. The fraction of sp³-hybridized carbons (Fsp3) is 0.448. The first-order valence-corrected chi connectivity index (χ1v) is 13.0. The summed E-state index contributed by atoms with van der Waals surface area (Å²) in [6.45, 7) is 3.71. The second-order valence-corrected chi connectivity index (χ2v) is 10.4. The van der Waals surface area contributed by atoms with Gasteiger partial charge in [0.1, 0.15) is 11.3 Å². The molecule has 2 fully saturated rings. The number of carbonyl (C=O) groups excluding carboxylic acids is 2. The number of nitrogens with zero attached hydrogens (tertiary/aromatic N) is 4. The quantitative estimate of drug-likeness (QED) is 0.541. The van der Waals surface area contributed by atoms with Crippen LogP contribution in [0.3, 0.4) is 0 Å². The standard InChI is InChI=1S/C29H33N5O3/c1-18-16-34(29(36)20-8-4-5-9-20)12-11-22(18)23-17-33(2)27-25(23)26(37-3)24(15-31-27)32-28(35)21-10-6-7-19(13-21)14-30/h6-7,10,13,15,17-18,20,22H,4-5,8-9,11-12,16H2,1-3H3,(H,32,35)/t18-,22+/m0/s1. The van der Waals surface area contributed by atoms with E-state index in [1.165, 1.54) is 0 Å². The monoisotopic (exact) mass is 499 g/mol. The predicted molar refractivity (Wildman–Crippen MR) is 141 cm³/mol. The van der Waals surface area contributed by atoms with Gasteiger partial charge in [-0.05, 0) is 54.9 Å². The maximum atomic E-state index is 13.0. The van der Waals surface area contributed by atoms with Crippen molar-refractivity contribution in [3.8, 4) is 11.8 Å². The van der Waals surface area contributed by atoms with Crippen LogP contribution in [0.5, 0.6) is 5.75 Å². The number of aromatic nitrogens is 2. The van der Waals surface area contributed by atoms with Gasteiger partial charge in [-0.15, -0.1) is 0 Å². The zero-order valence-corrected chi connectivity index (χ0v) is 21.7. The smallest absolute Gasteiger partial charge is 0.255 e. The Labute approximate surface area is 217 Å². The van der Waals surface area contributed by atoms with Crippen molar-refractivity contribution >= 4 is 28.5 Å². The Morgan fingerprint density at radius 2 is 2.00 bits per heavy atom. The number of rotatable bonds is 5. The van der Waals surface area contributed by atoms with Gasteiger partial charge in [-0.25, -0.2) is 4.98 Å². The van der Waals surface area contributed by atoms with Crippen LogP contribution in [0, 0.1) is 23.2 Å². The number of pyridine rings is 1. The van der Waals surface area contributed by atoms with E-state index in [1.54, 1.807) is 37.6 Å². The molecule has 1 N–H and O–H groups in total. The number of methoxy groups -OCH3 is 1. The topological polar surface area (TPSA) is 100 Å². The highest BCUT2D eigenvalue weighted by atomic mass is 16.5. The summed E-state index contributed by atoms with van der Waals surface area (Å²) in [5.74, 6) is 1.28. The maximum Gasteiger partial charge on any atom is 0.255 e. The number of amides is 2. The number of likely N-dealkylation sites (tertiary alicyclic amines) is 1. The summed E-state index contributed by atoms with van der Waals surface area (Å²) in [6.07, 6.45) is 8.96. The minimum atomic E-state index is -0.332. The lowest BCUT2D eigenvalue weighted by molar-refractivity contribution is -0.137. The summed E-state index contributed by atoms with van der Waals surface area (Å²) in [6, 6.07) is 8.64. The van der Waals surface area contributed by atoms with Crippen LogP contribution in [0.4, 0.5) is 5.69 Å². The second-order valence-electron chi connectivity index (χ2n) is 10.4. The molecule has 8 nitrogen and oxygen atoms in total. The Morgan fingerprint density at radius 3 is 2.70 bits per heavy atom. The van der Waals surface area contributed by atoms with Gasteiger partial charge in [-0.1, -0.05) is 25.8 Å². The number of nitrogens with one attached hydrogen (secondary N) is 1. The fourth-order valence-corrected chi connectivity index (χ4v) is 6.09. The highest BCUT2D eigenvalue weighted by Gasteiger charge is 2.35. The molecule has 3 aromatic rings. The number of hydrogen-bond acceptors (Lipinski definition) is 5. The molecule has 8 heteroatoms. The van der Waals surface area contributed by atoms with Crippen LogP contribution in [0.25, 0.3) is 11.0 Å². The van der Waals surface area contributed by atoms with Gasteiger partial charge >= 0.3 is 0 Å². The first-order chi connectivity index (χ1) is 17.9. The minimum absolute atomic E-state index is 0.200. The maximum absolute atomic E-state index is 13.0. The average Bonchev–Trinajstić information content (AvgIpc) is 3.57. The summed E-state index contributed by atoms with van der Waals surface area (Å²) in [4.78, 5) is 32.8. The van der Waals surface area contributed by atoms with Crippen molar-refractivity contribution in [2.24, 2.45) is 18.9 Å². The molecular formula is C29H33N5O3. The van der Waals surface area contributed by atoms with Crippen LogP contribution < -0.4 is 10.1 Å². The van der Waals surface area contributed by atoms with Crippen LogP contribution in [-0.4, -0.2) is 46.5 Å². The third kappa shape index (κ3) is 4.66. The Hall–Kier alpha value is -3.86. The number of ether oxygens (including phenoxy) is 1. The molecule has 37 heavy (non-hydrogen) atoms. The van der Waals surface area contributed by atoms with Crippen molar-refractivity contribution in [2.45, 2.75) is 44.9 Å². The zero-order valence-electron chi connectivity index (χ0n) is 21.7. The molecule has 3 heterocycles. The van der Waals surface area contributed by atoms with Crippen molar-refractivity contribution in [3.05, 3.63) is 53.3 Å². The Bertz CT molecular complexity index is 1380. The highest BCUT2D eigenvalue weighted by molar-refractivity contribution is 6.07. The van der Waals surface area contributed by atoms with Crippen molar-refractivity contribution in [2.75, 3.05) is 25.5 Å². The molecule has 2 amide bonds. The fourth-order valence-electron chi connectivity index (χ4n) is 6.09. The summed E-state index contributed by atoms with van der Waals surface area (Å²) in [5.41, 5.74) is 3.21. The van der Waals surface area contributed by atoms with Crippen LogP contribution in [-0.2, 0) is 11.8 Å². The van der Waals surface area contributed by atoms with Crippen LogP contribution in [0.2, 0.25) is 0 Å². The molecule has 0 unspecified atom stereocenters. The lowest BCUT2D eigenvalue weighted by atomic mass is 9.81. The van der Waals surface area contributed by atoms with E-state index in [4.69, 9.17) is 4.74 Å². The molecule has 2 aromatic heterocycles. The first kappa shape index (κ1) is 24.8. The van der Waals surface area contributed by atoms with E-state index in [0.29, 0.717) is 28.5 Å². The summed E-state index contributed by atoms with van der Waals surface area (Å²) in [5, 5.41) is 13.0. The molecule has 1 saturated carbocycles. The average molecular weight is 500 g/mol. The van der Waals surface area contributed by atoms with Gasteiger partial charge in [0.15, 0.2) is 5.75 Å². The van der Waals surface area contributed by atoms with Gasteiger partial charge in [0.2, 0.25) is 5.91 Å². The molecule has 1 aliphatic carbocycles. The summed E-state index contributed by atoms with van der Waals surface area (Å²) >= 11 is 0. The highest BCUT2D eigenvalue weighted by Crippen LogP contribution is 2.43. The van der Waals surface area contributed by atoms with E-state index >= 15 is 0 Å². The normalized spacial score (nSPS) is 20.1. The predicted octanol–water partition coefficient (Wildman–Crippen LogP) is 4.85. The second kappa shape index (κ2) is 10.3. The van der Waals surface area contributed by atoms with E-state index in [0.717, 1.165) is 61.8 Å². The van der Waals surface area contributed by atoms with Crippen molar-refractivity contribution in [1.29, 1.82) is 5.26 Å². The molecule has 0 bridgehead atoms. The van der Waals surface area contributed by atoms with E-state index in [1.807, 2.05) is 11.6 Å². The van der Waals surface area contributed by atoms with Crippen LogP contribution in [0.15, 0.2) is 36.7 Å². The lowest BCUT2D eigenvalue weighted by Crippen LogP contribution is -2.44. The van der Waals surface area contributed by atoms with Gasteiger partial charge in [0.05, 0.1) is 30.3 Å². The molecule has 2 aliphatic rings. The Kier molecular flexibility index (Phi) is 6.88. The number of fused-ring (bicyclic) bond motifs is 1. The number of aryl methyl sites for hydroxylation is 1. The summed E-state index contributed by atoms with van der Waals surface area (Å²) < 4.78 is 7.86. The van der Waals surface area contributed by atoms with E-state index in [2.05, 4.69) is 34.4 Å². The van der Waals surface area contributed by atoms with Gasteiger partial charge in [0, 0.05) is 37.8 Å². The number of piperidine rings is 1. The van der Waals surface area contributed by atoms with Crippen LogP contribution >= 0.6 is 0 Å². The van der Waals surface area contributed by atoms with Gasteiger partial charge in [-0.2, -0.15) is 5.26 Å². The SMILES string of the molecule is COc1c(NC(=O)c2cccc(C#N)c2)cnc2c1c([C@@H]1CCN(C(=O)C3CCCC3)C[C@@H]1C)cn2C. The van der Waals surface area contributed by atoms with E-state index < -0.39 is 0 Å². The van der Waals surface area contributed by atoms with E-state index in [9.17, 15) is 14.9 Å². The van der Waals surface area contributed by atoms with E-state index in [-0.39, 0.29) is 23.7 Å². The molecule has 1 aliphatic heterocycles. The van der Waals surface area contributed by atoms with Crippen molar-refractivity contribution in [1.82, 2.24) is 14.5 Å². The molecule has 192 valence electrons. The number of anilines is 1. The Morgan fingerprint density at radius 1 is 1.22 bits per heavy atom. The lowest BCUT2D eigenvalue weighted by Gasteiger charge is -2.38. The molecule has 5 rings (SSSR count). The van der Waals surface area contributed by atoms with Gasteiger partial charge < -0.3 is 19.5 Å². The number of nitriles is 1. The molecular weight excluding hydrogens is 466 g/mol. The van der Waals surface area contributed by atoms with Gasteiger partial charge in [-0.3, -0.25) is 9.59 Å². The number of hydrogen-bond donors (Lipinski definition) is 1. The first-order valence-electron chi connectivity index (χ1n) is 13.0. The van der Waals surface area contributed by atoms with Crippen molar-refractivity contribution in [3.63, 3.8) is 0 Å². The number of carbonyl (C=O) groups is 2. The molecule has 0 radical (unpaired) electrons. The zero-order chi connectivity index (χ0) is 26.1.